The molecule has 12 aromatic carbocycles. The molecule has 0 saturated carbocycles. The van der Waals surface area contributed by atoms with Gasteiger partial charge in [0.25, 0.3) is 0 Å². The summed E-state index contributed by atoms with van der Waals surface area (Å²) in [4.78, 5) is 0. The van der Waals surface area contributed by atoms with E-state index in [1.807, 2.05) is 24.3 Å². The molecule has 0 fully saturated rings. The van der Waals surface area contributed by atoms with E-state index in [9.17, 15) is 0 Å². The normalized spacial score (nSPS) is 12.1. The first-order valence-electron chi connectivity index (χ1n) is 32.2. The van der Waals surface area contributed by atoms with Crippen molar-refractivity contribution in [2.45, 2.75) is 105 Å². The molecular formula is C88H80O4. The molecular weight excluding hydrogens is 1120 g/mol. The molecule has 0 N–H and O–H groups in total. The fourth-order valence-electron chi connectivity index (χ4n) is 12.6. The summed E-state index contributed by atoms with van der Waals surface area (Å²) in [5, 5.41) is 9.59. The van der Waals surface area contributed by atoms with Crippen LogP contribution in [0.25, 0.3) is 132 Å². The van der Waals surface area contributed by atoms with E-state index in [0.717, 1.165) is 44.7 Å². The Morgan fingerprint density at radius 2 is 0.554 bits per heavy atom. The van der Waals surface area contributed by atoms with Gasteiger partial charge in [0.05, 0.1) is 0 Å². The lowest BCUT2D eigenvalue weighted by molar-refractivity contribution is 0.573. The predicted molar refractivity (Wildman–Crippen MR) is 391 cm³/mol. The van der Waals surface area contributed by atoms with Crippen LogP contribution in [0.15, 0.2) is 285 Å². The minimum Gasteiger partial charge on any atom is -0.456 e. The van der Waals surface area contributed by atoms with Crippen LogP contribution in [0.2, 0.25) is 0 Å². The highest BCUT2D eigenvalue weighted by Crippen LogP contribution is 2.42. The Kier molecular flexibility index (Phi) is 16.0. The van der Waals surface area contributed by atoms with Gasteiger partial charge in [0.2, 0.25) is 0 Å². The summed E-state index contributed by atoms with van der Waals surface area (Å²) in [5.74, 6) is 0. The Bertz CT molecular complexity index is 5270. The molecule has 4 nitrogen and oxygen atoms in total. The summed E-state index contributed by atoms with van der Waals surface area (Å²) < 4.78 is 24.4. The van der Waals surface area contributed by atoms with Gasteiger partial charge in [-0.1, -0.05) is 277 Å². The largest absolute Gasteiger partial charge is 0.456 e. The molecule has 0 aliphatic carbocycles. The maximum absolute atomic E-state index is 6.20. The summed E-state index contributed by atoms with van der Waals surface area (Å²) in [5.41, 5.74) is 23.1. The summed E-state index contributed by atoms with van der Waals surface area (Å²) in [6, 6.07) is 93.7. The number of fused-ring (bicyclic) bond motifs is 12. The maximum atomic E-state index is 6.20. The molecule has 92 heavy (non-hydrogen) atoms. The van der Waals surface area contributed by atoms with Crippen molar-refractivity contribution in [2.75, 3.05) is 0 Å². The molecule has 4 aromatic heterocycles. The van der Waals surface area contributed by atoms with Crippen LogP contribution in [0.3, 0.4) is 0 Å². The first-order chi connectivity index (χ1) is 44.1. The molecule has 0 spiro atoms. The van der Waals surface area contributed by atoms with Crippen molar-refractivity contribution >= 4 is 87.8 Å². The molecule has 0 radical (unpaired) electrons. The van der Waals surface area contributed by atoms with Gasteiger partial charge in [-0.2, -0.15) is 0 Å². The van der Waals surface area contributed by atoms with Gasteiger partial charge in [0.1, 0.15) is 44.7 Å². The molecule has 0 aliphatic heterocycles. The van der Waals surface area contributed by atoms with Gasteiger partial charge in [0.15, 0.2) is 0 Å². The van der Waals surface area contributed by atoms with Gasteiger partial charge < -0.3 is 17.7 Å². The van der Waals surface area contributed by atoms with Crippen molar-refractivity contribution in [1.82, 2.24) is 0 Å². The molecule has 4 heteroatoms. The number of benzene rings is 12. The number of para-hydroxylation sites is 1. The lowest BCUT2D eigenvalue weighted by atomic mass is 9.84. The SMILES string of the molecule is CC(C)(C)c1ccc2c(c1)oc1ccc(-c3ccccc3)cc12.CC(C)(C)c1ccc2oc3cc(-c4ccccc4)ccc3c2c1.CC(C)(C)c1cccc2c1oc1ccc(-c3ccccc3)cc12.CC(C)(C)c1cccc2oc3ccc(-c4ccccc4)cc3c12. The Morgan fingerprint density at radius 3 is 1.05 bits per heavy atom. The lowest BCUT2D eigenvalue weighted by Gasteiger charge is -2.20. The smallest absolute Gasteiger partial charge is 0.139 e. The molecule has 0 unspecified atom stereocenters. The molecule has 16 rings (SSSR count). The average molecular weight is 1200 g/mol. The van der Waals surface area contributed by atoms with Crippen molar-refractivity contribution in [3.8, 4) is 44.5 Å². The van der Waals surface area contributed by atoms with Crippen molar-refractivity contribution < 1.29 is 17.7 Å². The van der Waals surface area contributed by atoms with Crippen molar-refractivity contribution in [2.24, 2.45) is 0 Å². The average Bonchev–Trinajstić information content (AvgIpc) is 1.62. The van der Waals surface area contributed by atoms with E-state index >= 15 is 0 Å². The van der Waals surface area contributed by atoms with Gasteiger partial charge in [0, 0.05) is 48.7 Å². The van der Waals surface area contributed by atoms with E-state index in [1.54, 1.807) is 0 Å². The summed E-state index contributed by atoms with van der Waals surface area (Å²) in [6.07, 6.45) is 0. The second kappa shape index (κ2) is 24.2. The highest BCUT2D eigenvalue weighted by atomic mass is 16.3. The van der Waals surface area contributed by atoms with Crippen molar-refractivity contribution in [3.63, 3.8) is 0 Å². The van der Waals surface area contributed by atoms with E-state index in [2.05, 4.69) is 326 Å². The number of hydrogen-bond donors (Lipinski definition) is 0. The minimum atomic E-state index is 0.0651. The summed E-state index contributed by atoms with van der Waals surface area (Å²) in [6.45, 7) is 26.8. The van der Waals surface area contributed by atoms with E-state index in [-0.39, 0.29) is 21.7 Å². The minimum absolute atomic E-state index is 0.0651. The van der Waals surface area contributed by atoms with E-state index in [4.69, 9.17) is 17.7 Å². The van der Waals surface area contributed by atoms with Crippen LogP contribution in [-0.2, 0) is 21.7 Å². The molecule has 0 bridgehead atoms. The summed E-state index contributed by atoms with van der Waals surface area (Å²) in [7, 11) is 0. The molecule has 4 heterocycles. The molecule has 16 aromatic rings. The van der Waals surface area contributed by atoms with Gasteiger partial charge in [-0.15, -0.1) is 0 Å². The van der Waals surface area contributed by atoms with Gasteiger partial charge >= 0.3 is 0 Å². The second-order valence-corrected chi connectivity index (χ2v) is 28.5. The van der Waals surface area contributed by atoms with Crippen LogP contribution >= 0.6 is 0 Å². The fraction of sp³-hybridized carbons (Fsp3) is 0.182. The third kappa shape index (κ3) is 12.4. The van der Waals surface area contributed by atoms with Crippen molar-refractivity contribution in [3.05, 3.63) is 289 Å². The van der Waals surface area contributed by atoms with E-state index in [0.29, 0.717) is 0 Å². The van der Waals surface area contributed by atoms with E-state index < -0.39 is 0 Å². The monoisotopic (exact) mass is 1200 g/mol. The Morgan fingerprint density at radius 1 is 0.196 bits per heavy atom. The molecule has 0 aliphatic rings. The molecule has 0 saturated heterocycles. The zero-order valence-corrected chi connectivity index (χ0v) is 55.0. The zero-order chi connectivity index (χ0) is 64.1. The van der Waals surface area contributed by atoms with E-state index in [1.165, 1.54) is 110 Å². The van der Waals surface area contributed by atoms with Gasteiger partial charge in [-0.05, 0) is 156 Å². The molecule has 0 amide bonds. The van der Waals surface area contributed by atoms with Gasteiger partial charge in [-0.3, -0.25) is 0 Å². The maximum Gasteiger partial charge on any atom is 0.139 e. The van der Waals surface area contributed by atoms with Crippen LogP contribution in [0.5, 0.6) is 0 Å². The van der Waals surface area contributed by atoms with Crippen LogP contribution in [0.4, 0.5) is 0 Å². The zero-order valence-electron chi connectivity index (χ0n) is 55.0. The molecule has 456 valence electrons. The van der Waals surface area contributed by atoms with Gasteiger partial charge in [-0.25, -0.2) is 0 Å². The van der Waals surface area contributed by atoms with Crippen molar-refractivity contribution in [1.29, 1.82) is 0 Å². The Hall–Kier alpha value is -10.2. The quantitative estimate of drug-likeness (QED) is 0.176. The predicted octanol–water partition coefficient (Wildman–Crippen LogP) is 26.2. The molecule has 0 atom stereocenters. The second-order valence-electron chi connectivity index (χ2n) is 28.5. The van der Waals surface area contributed by atoms with Crippen LogP contribution < -0.4 is 0 Å². The Balaban J connectivity index is 0.000000112. The summed E-state index contributed by atoms with van der Waals surface area (Å²) >= 11 is 0. The first-order valence-corrected chi connectivity index (χ1v) is 32.2. The highest BCUT2D eigenvalue weighted by Gasteiger charge is 2.24. The Labute approximate surface area is 540 Å². The standard InChI is InChI=1S/4C22H20O/c1-22(2,3)18-10-7-11-20-21(18)17-14-16(12-13-19(17)23-20)15-8-5-4-6-9-15;1-22(2,3)19-11-7-10-17-18-14-16(15-8-5-4-6-9-15)12-13-20(18)23-21(17)19;1-22(2,3)17-10-11-18-19-13-16(15-7-5-4-6-8-15)9-12-20(19)23-21(18)14-17;1-22(2,3)17-10-12-20-19(14-17)18-11-9-16(13-21(18)23-20)15-7-5-4-6-8-15/h4*4-14H,1-3H3. The topological polar surface area (TPSA) is 52.6 Å². The lowest BCUT2D eigenvalue weighted by Crippen LogP contribution is -2.11. The van der Waals surface area contributed by atoms with Crippen LogP contribution in [-0.4, -0.2) is 0 Å². The number of hydrogen-bond acceptors (Lipinski definition) is 4. The van der Waals surface area contributed by atoms with Crippen LogP contribution in [0, 0.1) is 0 Å². The fourth-order valence-corrected chi connectivity index (χ4v) is 12.6. The third-order valence-electron chi connectivity index (χ3n) is 17.7. The first kappa shape index (κ1) is 60.7. The third-order valence-corrected chi connectivity index (χ3v) is 17.7. The van der Waals surface area contributed by atoms with Crippen LogP contribution in [0.1, 0.15) is 105 Å². The number of rotatable bonds is 4. The highest BCUT2D eigenvalue weighted by molar-refractivity contribution is 6.10. The number of furan rings is 4.